The lowest BCUT2D eigenvalue weighted by Gasteiger charge is -2.22. The van der Waals surface area contributed by atoms with Gasteiger partial charge >= 0.3 is 5.97 Å². The molecular formula is C16H24N2O3. The maximum atomic E-state index is 11.0. The third-order valence-electron chi connectivity index (χ3n) is 3.91. The third-order valence-corrected chi connectivity index (χ3v) is 3.91. The standard InChI is InChI=1S/C16H24N2O3/c1-3-13-12(10-16(19)20)14(4-2)18-15(17-13)9-11-7-5-6-8-21-11/h11H,3-10H2,1-2H3,(H,19,20). The van der Waals surface area contributed by atoms with Gasteiger partial charge in [-0.25, -0.2) is 9.97 Å². The van der Waals surface area contributed by atoms with Crippen molar-refractivity contribution in [3.05, 3.63) is 22.8 Å². The lowest BCUT2D eigenvalue weighted by atomic mass is 10.0. The molecule has 2 rings (SSSR count). The molecule has 1 fully saturated rings. The highest BCUT2D eigenvalue weighted by atomic mass is 16.5. The molecule has 0 aliphatic carbocycles. The topological polar surface area (TPSA) is 72.3 Å². The Hall–Kier alpha value is -1.49. The summed E-state index contributed by atoms with van der Waals surface area (Å²) < 4.78 is 5.75. The molecular weight excluding hydrogens is 268 g/mol. The van der Waals surface area contributed by atoms with E-state index in [0.717, 1.165) is 61.5 Å². The molecule has 0 radical (unpaired) electrons. The Balaban J connectivity index is 2.24. The summed E-state index contributed by atoms with van der Waals surface area (Å²) in [5.41, 5.74) is 2.53. The van der Waals surface area contributed by atoms with Crippen molar-refractivity contribution in [1.29, 1.82) is 0 Å². The molecule has 1 unspecified atom stereocenters. The van der Waals surface area contributed by atoms with Gasteiger partial charge in [0.1, 0.15) is 5.82 Å². The van der Waals surface area contributed by atoms with Gasteiger partial charge in [-0.15, -0.1) is 0 Å². The number of aromatic nitrogens is 2. The average Bonchev–Trinajstić information content (AvgIpc) is 2.49. The molecule has 1 N–H and O–H groups in total. The number of ether oxygens (including phenoxy) is 1. The van der Waals surface area contributed by atoms with Crippen LogP contribution in [0.4, 0.5) is 0 Å². The van der Waals surface area contributed by atoms with Gasteiger partial charge in [-0.05, 0) is 32.1 Å². The first-order valence-corrected chi connectivity index (χ1v) is 7.85. The summed E-state index contributed by atoms with van der Waals surface area (Å²) in [5.74, 6) is -0.0314. The van der Waals surface area contributed by atoms with Gasteiger partial charge in [0.2, 0.25) is 0 Å². The van der Waals surface area contributed by atoms with Crippen LogP contribution in [0.2, 0.25) is 0 Å². The largest absolute Gasteiger partial charge is 0.481 e. The first-order valence-electron chi connectivity index (χ1n) is 7.85. The molecule has 0 amide bonds. The van der Waals surface area contributed by atoms with Crippen molar-refractivity contribution in [3.63, 3.8) is 0 Å². The Morgan fingerprint density at radius 3 is 2.38 bits per heavy atom. The third kappa shape index (κ3) is 4.24. The highest BCUT2D eigenvalue weighted by Gasteiger charge is 2.19. The van der Waals surface area contributed by atoms with Crippen LogP contribution in [-0.4, -0.2) is 33.8 Å². The number of hydrogen-bond acceptors (Lipinski definition) is 4. The van der Waals surface area contributed by atoms with Crippen LogP contribution in [0.1, 0.15) is 55.9 Å². The van der Waals surface area contributed by atoms with Gasteiger partial charge in [0.25, 0.3) is 0 Å². The van der Waals surface area contributed by atoms with Crippen molar-refractivity contribution >= 4 is 5.97 Å². The van der Waals surface area contributed by atoms with E-state index >= 15 is 0 Å². The second-order valence-electron chi connectivity index (χ2n) is 5.48. The summed E-state index contributed by atoms with van der Waals surface area (Å²) in [6, 6.07) is 0. The number of nitrogens with zero attached hydrogens (tertiary/aromatic N) is 2. The smallest absolute Gasteiger partial charge is 0.307 e. The Morgan fingerprint density at radius 1 is 1.24 bits per heavy atom. The van der Waals surface area contributed by atoms with E-state index in [1.807, 2.05) is 13.8 Å². The van der Waals surface area contributed by atoms with E-state index in [-0.39, 0.29) is 12.5 Å². The van der Waals surface area contributed by atoms with Gasteiger partial charge in [-0.3, -0.25) is 4.79 Å². The molecule has 5 nitrogen and oxygen atoms in total. The van der Waals surface area contributed by atoms with Crippen LogP contribution >= 0.6 is 0 Å². The van der Waals surface area contributed by atoms with Crippen LogP contribution < -0.4 is 0 Å². The molecule has 1 aromatic heterocycles. The molecule has 0 aromatic carbocycles. The number of carboxylic acids is 1. The molecule has 2 heterocycles. The zero-order valence-corrected chi connectivity index (χ0v) is 12.9. The quantitative estimate of drug-likeness (QED) is 0.871. The summed E-state index contributed by atoms with van der Waals surface area (Å²) >= 11 is 0. The number of aryl methyl sites for hydroxylation is 2. The maximum absolute atomic E-state index is 11.0. The molecule has 5 heteroatoms. The van der Waals surface area contributed by atoms with Crippen molar-refractivity contribution in [3.8, 4) is 0 Å². The van der Waals surface area contributed by atoms with Crippen LogP contribution in [0.3, 0.4) is 0 Å². The van der Waals surface area contributed by atoms with Crippen LogP contribution in [0.15, 0.2) is 0 Å². The Kier molecular flexibility index (Phi) is 5.67. The first-order chi connectivity index (χ1) is 10.1. The van der Waals surface area contributed by atoms with E-state index in [1.54, 1.807) is 0 Å². The molecule has 1 aliphatic heterocycles. The highest BCUT2D eigenvalue weighted by Crippen LogP contribution is 2.19. The van der Waals surface area contributed by atoms with Crippen molar-refractivity contribution in [1.82, 2.24) is 9.97 Å². The minimum Gasteiger partial charge on any atom is -0.481 e. The van der Waals surface area contributed by atoms with Crippen molar-refractivity contribution in [2.45, 2.75) is 64.9 Å². The van der Waals surface area contributed by atoms with Gasteiger partial charge in [0.05, 0.1) is 12.5 Å². The summed E-state index contributed by atoms with van der Waals surface area (Å²) in [6.07, 6.45) is 5.80. The first kappa shape index (κ1) is 15.9. The predicted molar refractivity (Wildman–Crippen MR) is 79.4 cm³/mol. The molecule has 0 saturated carbocycles. The van der Waals surface area contributed by atoms with Gasteiger partial charge < -0.3 is 9.84 Å². The molecule has 1 atom stereocenters. The van der Waals surface area contributed by atoms with E-state index in [4.69, 9.17) is 9.84 Å². The van der Waals surface area contributed by atoms with Crippen LogP contribution in [0.5, 0.6) is 0 Å². The SMILES string of the molecule is CCc1nc(CC2CCCCO2)nc(CC)c1CC(=O)O. The number of carboxylic acid groups (broad SMARTS) is 1. The molecule has 1 aromatic rings. The highest BCUT2D eigenvalue weighted by molar-refractivity contribution is 5.71. The van der Waals surface area contributed by atoms with Crippen molar-refractivity contribution in [2.24, 2.45) is 0 Å². The summed E-state index contributed by atoms with van der Waals surface area (Å²) in [6.45, 7) is 4.84. The average molecular weight is 292 g/mol. The van der Waals surface area contributed by atoms with E-state index in [2.05, 4.69) is 9.97 Å². The molecule has 1 saturated heterocycles. The van der Waals surface area contributed by atoms with Gasteiger partial charge in [0, 0.05) is 30.0 Å². The number of hydrogen-bond donors (Lipinski definition) is 1. The minimum atomic E-state index is -0.827. The Labute approximate surface area is 125 Å². The van der Waals surface area contributed by atoms with E-state index < -0.39 is 5.97 Å². The second-order valence-corrected chi connectivity index (χ2v) is 5.48. The number of rotatable bonds is 6. The van der Waals surface area contributed by atoms with E-state index in [0.29, 0.717) is 0 Å². The van der Waals surface area contributed by atoms with Gasteiger partial charge in [-0.2, -0.15) is 0 Å². The van der Waals surface area contributed by atoms with Crippen molar-refractivity contribution in [2.75, 3.05) is 6.61 Å². The predicted octanol–water partition coefficient (Wildman–Crippen LogP) is 2.34. The van der Waals surface area contributed by atoms with Crippen LogP contribution in [0, 0.1) is 0 Å². The Morgan fingerprint density at radius 2 is 1.90 bits per heavy atom. The second kappa shape index (κ2) is 7.50. The van der Waals surface area contributed by atoms with E-state index in [1.165, 1.54) is 6.42 Å². The lowest BCUT2D eigenvalue weighted by molar-refractivity contribution is -0.136. The summed E-state index contributed by atoms with van der Waals surface area (Å²) in [7, 11) is 0. The zero-order chi connectivity index (χ0) is 15.2. The van der Waals surface area contributed by atoms with E-state index in [9.17, 15) is 4.79 Å². The van der Waals surface area contributed by atoms with Crippen LogP contribution in [-0.2, 0) is 35.2 Å². The lowest BCUT2D eigenvalue weighted by Crippen LogP contribution is -2.23. The maximum Gasteiger partial charge on any atom is 0.307 e. The van der Waals surface area contributed by atoms with Crippen molar-refractivity contribution < 1.29 is 14.6 Å². The minimum absolute atomic E-state index is 0.00650. The fourth-order valence-corrected chi connectivity index (χ4v) is 2.84. The van der Waals surface area contributed by atoms with Crippen LogP contribution in [0.25, 0.3) is 0 Å². The van der Waals surface area contributed by atoms with Gasteiger partial charge in [-0.1, -0.05) is 13.8 Å². The fourth-order valence-electron chi connectivity index (χ4n) is 2.84. The monoisotopic (exact) mass is 292 g/mol. The number of carbonyl (C=O) groups is 1. The normalized spacial score (nSPS) is 18.7. The molecule has 21 heavy (non-hydrogen) atoms. The Bertz CT molecular complexity index is 471. The fraction of sp³-hybridized carbons (Fsp3) is 0.688. The molecule has 0 spiro atoms. The molecule has 1 aliphatic rings. The van der Waals surface area contributed by atoms with Gasteiger partial charge in [0.15, 0.2) is 0 Å². The molecule has 116 valence electrons. The zero-order valence-electron chi connectivity index (χ0n) is 12.9. The number of aliphatic carboxylic acids is 1. The molecule has 0 bridgehead atoms. The summed E-state index contributed by atoms with van der Waals surface area (Å²) in [5, 5.41) is 9.06. The summed E-state index contributed by atoms with van der Waals surface area (Å²) in [4.78, 5) is 20.2.